The van der Waals surface area contributed by atoms with E-state index in [9.17, 15) is 0 Å². The van der Waals surface area contributed by atoms with Gasteiger partial charge >= 0.3 is 0 Å². The van der Waals surface area contributed by atoms with Crippen LogP contribution in [-0.2, 0) is 0 Å². The van der Waals surface area contributed by atoms with E-state index in [1.54, 1.807) is 6.20 Å². The second-order valence-corrected chi connectivity index (χ2v) is 13.6. The van der Waals surface area contributed by atoms with Crippen LogP contribution in [0.1, 0.15) is 0 Å². The summed E-state index contributed by atoms with van der Waals surface area (Å²) in [7, 11) is 0. The van der Waals surface area contributed by atoms with Gasteiger partial charge in [-0.05, 0) is 82.4 Å². The maximum atomic E-state index is 5.07. The van der Waals surface area contributed by atoms with E-state index >= 15 is 0 Å². The summed E-state index contributed by atoms with van der Waals surface area (Å²) in [5, 5.41) is 2.47. The molecule has 3 heterocycles. The van der Waals surface area contributed by atoms with E-state index in [1.807, 2.05) is 54.7 Å². The van der Waals surface area contributed by atoms with Crippen LogP contribution < -0.4 is 0 Å². The molecule has 0 aliphatic heterocycles. The standard InChI is InChI=1S/C50H33N5/c1-3-13-34(14-4-1)48-52-49(54-50(53-48)41-20-11-18-38(31-41)42-21-12-28-51-33-42)40-19-10-17-37(30-40)35-15-9-16-36(29-35)39-26-27-47-45(32-39)44-24-7-8-25-46(44)55(47)43-22-5-2-6-23-43/h1-33H. The van der Waals surface area contributed by atoms with Crippen LogP contribution in [0.4, 0.5) is 0 Å². The van der Waals surface area contributed by atoms with Crippen molar-refractivity contribution < 1.29 is 0 Å². The van der Waals surface area contributed by atoms with Crippen molar-refractivity contribution in [3.8, 4) is 73.2 Å². The summed E-state index contributed by atoms with van der Waals surface area (Å²) in [5.74, 6) is 1.86. The molecule has 5 heteroatoms. The number of para-hydroxylation sites is 2. The van der Waals surface area contributed by atoms with Crippen molar-refractivity contribution in [2.24, 2.45) is 0 Å². The first kappa shape index (κ1) is 32.2. The van der Waals surface area contributed by atoms with Gasteiger partial charge in [0.1, 0.15) is 0 Å². The lowest BCUT2D eigenvalue weighted by Crippen LogP contribution is -2.00. The monoisotopic (exact) mass is 703 g/mol. The summed E-state index contributed by atoms with van der Waals surface area (Å²) in [6.07, 6.45) is 3.66. The predicted octanol–water partition coefficient (Wildman–Crippen LogP) is 12.4. The molecule has 0 spiro atoms. The molecule has 0 saturated heterocycles. The van der Waals surface area contributed by atoms with Crippen LogP contribution in [0.25, 0.3) is 95.0 Å². The molecule has 0 bridgehead atoms. The van der Waals surface area contributed by atoms with Crippen LogP contribution in [-0.4, -0.2) is 24.5 Å². The Morgan fingerprint density at radius 2 is 0.782 bits per heavy atom. The van der Waals surface area contributed by atoms with Gasteiger partial charge in [-0.1, -0.05) is 133 Å². The van der Waals surface area contributed by atoms with Crippen molar-refractivity contribution in [2.75, 3.05) is 0 Å². The molecule has 5 nitrogen and oxygen atoms in total. The molecule has 0 unspecified atom stereocenters. The van der Waals surface area contributed by atoms with E-state index < -0.39 is 0 Å². The molecule has 10 rings (SSSR count). The van der Waals surface area contributed by atoms with Gasteiger partial charge in [0.05, 0.1) is 11.0 Å². The maximum Gasteiger partial charge on any atom is 0.164 e. The van der Waals surface area contributed by atoms with Gasteiger partial charge in [-0.25, -0.2) is 15.0 Å². The molecule has 0 aliphatic rings. The van der Waals surface area contributed by atoms with E-state index in [0.717, 1.165) is 50.2 Å². The molecule has 3 aromatic heterocycles. The summed E-state index contributed by atoms with van der Waals surface area (Å²) >= 11 is 0. The van der Waals surface area contributed by atoms with Crippen LogP contribution in [0.15, 0.2) is 200 Å². The SMILES string of the molecule is c1ccc(-c2nc(-c3cccc(-c4cccnc4)c3)nc(-c3cccc(-c4cccc(-c5ccc6c(c5)c5ccccc5n6-c5ccccc5)c4)c3)n2)cc1. The lowest BCUT2D eigenvalue weighted by molar-refractivity contribution is 1.07. The smallest absolute Gasteiger partial charge is 0.164 e. The van der Waals surface area contributed by atoms with E-state index in [1.165, 1.54) is 27.4 Å². The molecule has 0 radical (unpaired) electrons. The van der Waals surface area contributed by atoms with Crippen molar-refractivity contribution >= 4 is 21.8 Å². The molecule has 258 valence electrons. The fourth-order valence-corrected chi connectivity index (χ4v) is 7.45. The van der Waals surface area contributed by atoms with Crippen molar-refractivity contribution in [3.05, 3.63) is 200 Å². The maximum absolute atomic E-state index is 5.07. The van der Waals surface area contributed by atoms with Gasteiger partial charge in [0.15, 0.2) is 17.5 Å². The minimum absolute atomic E-state index is 0.617. The van der Waals surface area contributed by atoms with Crippen molar-refractivity contribution in [1.82, 2.24) is 24.5 Å². The van der Waals surface area contributed by atoms with Crippen LogP contribution in [0.2, 0.25) is 0 Å². The average Bonchev–Trinajstić information content (AvgIpc) is 3.61. The van der Waals surface area contributed by atoms with Gasteiger partial charge in [-0.15, -0.1) is 0 Å². The molecule has 0 atom stereocenters. The zero-order valence-electron chi connectivity index (χ0n) is 29.8. The van der Waals surface area contributed by atoms with Crippen molar-refractivity contribution in [2.45, 2.75) is 0 Å². The molecule has 0 aliphatic carbocycles. The second kappa shape index (κ2) is 13.8. The van der Waals surface area contributed by atoms with Gasteiger partial charge < -0.3 is 4.57 Å². The Bertz CT molecular complexity index is 2970. The molecule has 0 fully saturated rings. The summed E-state index contributed by atoms with van der Waals surface area (Å²) < 4.78 is 2.35. The molecule has 0 amide bonds. The first-order valence-corrected chi connectivity index (χ1v) is 18.4. The van der Waals surface area contributed by atoms with E-state index in [-0.39, 0.29) is 0 Å². The third-order valence-corrected chi connectivity index (χ3v) is 10.1. The van der Waals surface area contributed by atoms with Gasteiger partial charge in [0.2, 0.25) is 0 Å². The Labute approximate surface area is 318 Å². The van der Waals surface area contributed by atoms with Gasteiger partial charge in [0.25, 0.3) is 0 Å². The zero-order chi connectivity index (χ0) is 36.6. The van der Waals surface area contributed by atoms with E-state index in [4.69, 9.17) is 15.0 Å². The normalized spacial score (nSPS) is 11.3. The van der Waals surface area contributed by atoms with Crippen molar-refractivity contribution in [1.29, 1.82) is 0 Å². The highest BCUT2D eigenvalue weighted by Gasteiger charge is 2.16. The zero-order valence-corrected chi connectivity index (χ0v) is 29.8. The third kappa shape index (κ3) is 6.14. The lowest BCUT2D eigenvalue weighted by atomic mass is 9.97. The highest BCUT2D eigenvalue weighted by Crippen LogP contribution is 2.36. The van der Waals surface area contributed by atoms with Crippen LogP contribution in [0, 0.1) is 0 Å². The predicted molar refractivity (Wildman–Crippen MR) is 225 cm³/mol. The Hall–Kier alpha value is -7.50. The fourth-order valence-electron chi connectivity index (χ4n) is 7.45. The van der Waals surface area contributed by atoms with Crippen molar-refractivity contribution in [3.63, 3.8) is 0 Å². The Balaban J connectivity index is 1.04. The van der Waals surface area contributed by atoms with E-state index in [0.29, 0.717) is 17.5 Å². The van der Waals surface area contributed by atoms with E-state index in [2.05, 4.69) is 149 Å². The van der Waals surface area contributed by atoms with Gasteiger partial charge in [-0.3, -0.25) is 4.98 Å². The largest absolute Gasteiger partial charge is 0.309 e. The number of nitrogens with zero attached hydrogens (tertiary/aromatic N) is 5. The second-order valence-electron chi connectivity index (χ2n) is 13.6. The topological polar surface area (TPSA) is 56.5 Å². The summed E-state index contributed by atoms with van der Waals surface area (Å²) in [4.78, 5) is 19.4. The Kier molecular flexibility index (Phi) is 8.08. The third-order valence-electron chi connectivity index (χ3n) is 10.1. The first-order valence-electron chi connectivity index (χ1n) is 18.4. The molecule has 10 aromatic rings. The van der Waals surface area contributed by atoms with Gasteiger partial charge in [0, 0.05) is 51.1 Å². The number of hydrogen-bond donors (Lipinski definition) is 0. The summed E-state index contributed by atoms with van der Waals surface area (Å²) in [6.45, 7) is 0. The minimum Gasteiger partial charge on any atom is -0.309 e. The molecule has 0 saturated carbocycles. The average molecular weight is 704 g/mol. The molecule has 55 heavy (non-hydrogen) atoms. The van der Waals surface area contributed by atoms with Gasteiger partial charge in [-0.2, -0.15) is 0 Å². The van der Waals surface area contributed by atoms with Crippen LogP contribution >= 0.6 is 0 Å². The number of benzene rings is 7. The molecule has 7 aromatic carbocycles. The number of hydrogen-bond acceptors (Lipinski definition) is 4. The first-order chi connectivity index (χ1) is 27.2. The summed E-state index contributed by atoms with van der Waals surface area (Å²) in [5.41, 5.74) is 12.9. The molecule has 0 N–H and O–H groups in total. The quantitative estimate of drug-likeness (QED) is 0.166. The van der Waals surface area contributed by atoms with Crippen LogP contribution in [0.5, 0.6) is 0 Å². The highest BCUT2D eigenvalue weighted by atomic mass is 15.0. The minimum atomic E-state index is 0.617. The lowest BCUT2D eigenvalue weighted by Gasteiger charge is -2.11. The number of aromatic nitrogens is 5. The highest BCUT2D eigenvalue weighted by molar-refractivity contribution is 6.10. The fraction of sp³-hybridized carbons (Fsp3) is 0. The summed E-state index contributed by atoms with van der Waals surface area (Å²) in [6, 6.07) is 65.7. The number of rotatable bonds is 7. The molecular weight excluding hydrogens is 671 g/mol. The molecular formula is C50H33N5. The number of fused-ring (bicyclic) bond motifs is 3. The Morgan fingerprint density at radius 1 is 0.309 bits per heavy atom. The Morgan fingerprint density at radius 3 is 1.42 bits per heavy atom. The number of pyridine rings is 1. The van der Waals surface area contributed by atoms with Crippen LogP contribution in [0.3, 0.4) is 0 Å².